The zero-order valence-corrected chi connectivity index (χ0v) is 12.4. The Bertz CT molecular complexity index is 552. The van der Waals surface area contributed by atoms with Crippen LogP contribution in [0, 0.1) is 0 Å². The molecule has 21 heavy (non-hydrogen) atoms. The number of rotatable bonds is 6. The van der Waals surface area contributed by atoms with E-state index in [1.165, 1.54) is 0 Å². The lowest BCUT2D eigenvalue weighted by Gasteiger charge is -2.30. The van der Waals surface area contributed by atoms with Crippen molar-refractivity contribution in [1.29, 1.82) is 0 Å². The first kappa shape index (κ1) is 15.8. The Morgan fingerprint density at radius 2 is 2.00 bits per heavy atom. The van der Waals surface area contributed by atoms with E-state index in [0.717, 1.165) is 21.6 Å². The Balaban J connectivity index is 2.06. The Morgan fingerprint density at radius 3 is 2.52 bits per heavy atom. The van der Waals surface area contributed by atoms with Gasteiger partial charge in [-0.2, -0.15) is 0 Å². The Hall–Kier alpha value is -1.58. The van der Waals surface area contributed by atoms with Gasteiger partial charge in [0.05, 0.1) is 5.75 Å². The third-order valence-corrected chi connectivity index (χ3v) is 5.08. The van der Waals surface area contributed by atoms with E-state index in [2.05, 4.69) is 4.98 Å². The van der Waals surface area contributed by atoms with Crippen LogP contribution < -0.4 is 0 Å². The predicted octanol–water partition coefficient (Wildman–Crippen LogP) is 0.744. The van der Waals surface area contributed by atoms with Crippen molar-refractivity contribution >= 4 is 39.4 Å². The summed E-state index contributed by atoms with van der Waals surface area (Å²) in [5.74, 6) is -3.32. The molecule has 0 aliphatic carbocycles. The summed E-state index contributed by atoms with van der Waals surface area (Å²) < 4.78 is 0. The largest absolute Gasteiger partial charge is 0.478 e. The molecule has 0 aromatic carbocycles. The quantitative estimate of drug-likeness (QED) is 0.581. The van der Waals surface area contributed by atoms with Crippen LogP contribution in [0.15, 0.2) is 29.4 Å². The van der Waals surface area contributed by atoms with Gasteiger partial charge in [0, 0.05) is 19.0 Å². The second kappa shape index (κ2) is 6.46. The lowest BCUT2D eigenvalue weighted by Crippen LogP contribution is -2.58. The first-order valence-corrected chi connectivity index (χ1v) is 8.29. The van der Waals surface area contributed by atoms with Crippen molar-refractivity contribution in [3.63, 3.8) is 0 Å². The van der Waals surface area contributed by atoms with Crippen LogP contribution in [0.25, 0.3) is 0 Å². The molecule has 112 valence electrons. The molecule has 0 radical (unpaired) electrons. The summed E-state index contributed by atoms with van der Waals surface area (Å²) in [6, 6.07) is 5.24. The van der Waals surface area contributed by atoms with Gasteiger partial charge in [0.2, 0.25) is 11.8 Å². The fraction of sp³-hybridized carbons (Fsp3) is 0.333. The summed E-state index contributed by atoms with van der Waals surface area (Å²) in [7, 11) is 2.17. The molecule has 1 aliphatic heterocycles. The van der Waals surface area contributed by atoms with Crippen LogP contribution in [0.1, 0.15) is 12.8 Å². The monoisotopic (exact) mass is 328 g/mol. The second-order valence-corrected chi connectivity index (χ2v) is 6.57. The lowest BCUT2D eigenvalue weighted by molar-refractivity contribution is -0.184. The number of nitrogens with zero attached hydrogens (tertiary/aromatic N) is 2. The Kier molecular flexibility index (Phi) is 4.86. The van der Waals surface area contributed by atoms with E-state index in [1.807, 2.05) is 0 Å². The van der Waals surface area contributed by atoms with Gasteiger partial charge in [0.25, 0.3) is 5.72 Å². The minimum Gasteiger partial charge on any atom is -0.478 e. The zero-order chi connectivity index (χ0) is 15.5. The maximum Gasteiger partial charge on any atom is 0.358 e. The smallest absolute Gasteiger partial charge is 0.358 e. The zero-order valence-electron chi connectivity index (χ0n) is 10.8. The van der Waals surface area contributed by atoms with Crippen LogP contribution in [-0.4, -0.2) is 49.4 Å². The number of hydrogen-bond acceptors (Lipinski definition) is 7. The summed E-state index contributed by atoms with van der Waals surface area (Å²) in [6.45, 7) is 0. The number of carbonyl (C=O) groups excluding carboxylic acids is 2. The number of pyridine rings is 1. The molecule has 1 aromatic heterocycles. The number of carbonyl (C=O) groups is 3. The van der Waals surface area contributed by atoms with Gasteiger partial charge in [-0.3, -0.25) is 9.59 Å². The first-order chi connectivity index (χ1) is 9.95. The van der Waals surface area contributed by atoms with Gasteiger partial charge >= 0.3 is 5.97 Å². The maximum absolute atomic E-state index is 11.6. The molecular weight excluding hydrogens is 316 g/mol. The van der Waals surface area contributed by atoms with E-state index >= 15 is 0 Å². The van der Waals surface area contributed by atoms with E-state index in [4.69, 9.17) is 0 Å². The molecule has 2 N–H and O–H groups in total. The summed E-state index contributed by atoms with van der Waals surface area (Å²) in [5.41, 5.74) is -2.53. The van der Waals surface area contributed by atoms with E-state index < -0.39 is 23.5 Å². The number of hydrogen-bond donors (Lipinski definition) is 2. The van der Waals surface area contributed by atoms with Crippen LogP contribution in [0.2, 0.25) is 0 Å². The molecule has 0 spiro atoms. The third-order valence-electron chi connectivity index (χ3n) is 2.81. The second-order valence-electron chi connectivity index (χ2n) is 4.26. The number of imide groups is 1. The topological polar surface area (TPSA) is 108 Å². The highest BCUT2D eigenvalue weighted by atomic mass is 33.1. The van der Waals surface area contributed by atoms with Gasteiger partial charge in [-0.1, -0.05) is 16.9 Å². The number of aliphatic carboxylic acids is 1. The van der Waals surface area contributed by atoms with Gasteiger partial charge in [0.1, 0.15) is 5.03 Å². The molecule has 1 saturated heterocycles. The van der Waals surface area contributed by atoms with Crippen molar-refractivity contribution < 1.29 is 24.6 Å². The van der Waals surface area contributed by atoms with Crippen molar-refractivity contribution in [2.24, 2.45) is 0 Å². The molecule has 1 atom stereocenters. The summed E-state index contributed by atoms with van der Waals surface area (Å²) >= 11 is 0. The van der Waals surface area contributed by atoms with E-state index in [-0.39, 0.29) is 18.6 Å². The normalized spacial score (nSPS) is 17.9. The predicted molar refractivity (Wildman–Crippen MR) is 76.2 cm³/mol. The van der Waals surface area contributed by atoms with Crippen LogP contribution in [-0.2, 0) is 14.4 Å². The van der Waals surface area contributed by atoms with Crippen molar-refractivity contribution in [2.75, 3.05) is 5.75 Å². The van der Waals surface area contributed by atoms with Crippen LogP contribution >= 0.6 is 21.6 Å². The standard InChI is InChI=1S/C12H12N2O5S2/c15-9-4-5-10(16)14(9)12(19,11(17)18)7-20-21-8-3-1-2-6-13-8/h1-3,6,19H,4-5,7H2,(H,17,18). The molecule has 1 aliphatic rings. The molecule has 1 fully saturated rings. The minimum absolute atomic E-state index is 0.0769. The summed E-state index contributed by atoms with van der Waals surface area (Å²) in [6.07, 6.45) is 1.43. The van der Waals surface area contributed by atoms with Crippen molar-refractivity contribution in [3.8, 4) is 0 Å². The average Bonchev–Trinajstić information content (AvgIpc) is 2.79. The van der Waals surface area contributed by atoms with E-state index in [0.29, 0.717) is 9.93 Å². The molecule has 2 amide bonds. The maximum atomic E-state index is 11.6. The molecule has 2 rings (SSSR count). The van der Waals surface area contributed by atoms with Gasteiger partial charge in [-0.05, 0) is 22.9 Å². The highest BCUT2D eigenvalue weighted by molar-refractivity contribution is 8.76. The molecule has 7 nitrogen and oxygen atoms in total. The molecule has 1 aromatic rings. The molecule has 2 heterocycles. The van der Waals surface area contributed by atoms with Gasteiger partial charge < -0.3 is 10.2 Å². The van der Waals surface area contributed by atoms with Crippen molar-refractivity contribution in [3.05, 3.63) is 24.4 Å². The molecule has 0 saturated carbocycles. The molecule has 9 heteroatoms. The summed E-state index contributed by atoms with van der Waals surface area (Å²) in [5, 5.41) is 20.1. The molecule has 1 unspecified atom stereocenters. The number of aromatic nitrogens is 1. The van der Waals surface area contributed by atoms with Gasteiger partial charge in [-0.25, -0.2) is 14.7 Å². The number of amides is 2. The van der Waals surface area contributed by atoms with Crippen LogP contribution in [0.5, 0.6) is 0 Å². The average molecular weight is 328 g/mol. The van der Waals surface area contributed by atoms with E-state index in [1.54, 1.807) is 24.4 Å². The van der Waals surface area contributed by atoms with E-state index in [9.17, 15) is 24.6 Å². The van der Waals surface area contributed by atoms with Crippen LogP contribution in [0.4, 0.5) is 0 Å². The fourth-order valence-electron chi connectivity index (χ4n) is 1.78. The summed E-state index contributed by atoms with van der Waals surface area (Å²) in [4.78, 5) is 39.0. The fourth-order valence-corrected chi connectivity index (χ4v) is 3.94. The van der Waals surface area contributed by atoms with Crippen LogP contribution in [0.3, 0.4) is 0 Å². The number of carboxylic acid groups (broad SMARTS) is 1. The number of likely N-dealkylation sites (tertiary alicyclic amines) is 1. The van der Waals surface area contributed by atoms with Gasteiger partial charge in [0.15, 0.2) is 0 Å². The number of aliphatic hydroxyl groups is 1. The SMILES string of the molecule is O=C1CCC(=O)N1C(O)(CSSc1ccccn1)C(=O)O. The molecule has 0 bridgehead atoms. The van der Waals surface area contributed by atoms with Crippen molar-refractivity contribution in [1.82, 2.24) is 9.88 Å². The van der Waals surface area contributed by atoms with Crippen molar-refractivity contribution in [2.45, 2.75) is 23.6 Å². The first-order valence-electron chi connectivity index (χ1n) is 5.97. The highest BCUT2D eigenvalue weighted by Crippen LogP contribution is 2.34. The highest BCUT2D eigenvalue weighted by Gasteiger charge is 2.51. The third kappa shape index (κ3) is 3.36. The number of carboxylic acids is 1. The lowest BCUT2D eigenvalue weighted by atomic mass is 10.2. The van der Waals surface area contributed by atoms with Gasteiger partial charge in [-0.15, -0.1) is 0 Å². The molecular formula is C12H12N2O5S2. The Labute approximate surface area is 128 Å². The Morgan fingerprint density at radius 1 is 1.33 bits per heavy atom. The minimum atomic E-state index is -2.53.